The first-order valence-electron chi connectivity index (χ1n) is 5.95. The third-order valence-corrected chi connectivity index (χ3v) is 2.72. The summed E-state index contributed by atoms with van der Waals surface area (Å²) in [6.07, 6.45) is 0. The second-order valence-corrected chi connectivity index (χ2v) is 4.09. The molecule has 0 atom stereocenters. The Labute approximate surface area is 108 Å². The maximum Gasteiger partial charge on any atom is 0.233 e. The van der Waals surface area contributed by atoms with Crippen molar-refractivity contribution in [1.82, 2.24) is 10.2 Å². The van der Waals surface area contributed by atoms with Gasteiger partial charge in [0.25, 0.3) is 0 Å². The van der Waals surface area contributed by atoms with Gasteiger partial charge in [0.2, 0.25) is 5.91 Å². The van der Waals surface area contributed by atoms with Gasteiger partial charge in [0.05, 0.1) is 13.7 Å². The molecule has 0 aliphatic rings. The predicted molar refractivity (Wildman–Crippen MR) is 72.4 cm³/mol. The van der Waals surface area contributed by atoms with Crippen molar-refractivity contribution < 1.29 is 9.53 Å². The monoisotopic (exact) mass is 251 g/mol. The fraction of sp³-hybridized carbons (Fsp3) is 0.462. The molecule has 1 rings (SSSR count). The zero-order valence-corrected chi connectivity index (χ0v) is 11.2. The fourth-order valence-electron chi connectivity index (χ4n) is 1.72. The van der Waals surface area contributed by atoms with Crippen LogP contribution in [0.25, 0.3) is 0 Å². The molecule has 0 bridgehead atoms. The minimum absolute atomic E-state index is 0.00715. The number of benzene rings is 1. The standard InChI is InChI=1S/C13H21N3O2/c1-4-16(9-13(17)15-2)8-10-5-11(14)7-12(6-10)18-3/h5-7H,4,8-9,14H2,1-3H3,(H,15,17). The number of nitrogens with zero attached hydrogens (tertiary/aromatic N) is 1. The Hall–Kier alpha value is -1.75. The van der Waals surface area contributed by atoms with Crippen molar-refractivity contribution in [3.05, 3.63) is 23.8 Å². The summed E-state index contributed by atoms with van der Waals surface area (Å²) in [4.78, 5) is 13.4. The second-order valence-electron chi connectivity index (χ2n) is 4.09. The number of carbonyl (C=O) groups excluding carboxylic acids is 1. The van der Waals surface area contributed by atoms with Gasteiger partial charge in [-0.3, -0.25) is 9.69 Å². The summed E-state index contributed by atoms with van der Waals surface area (Å²) in [6, 6.07) is 5.61. The van der Waals surface area contributed by atoms with Crippen molar-refractivity contribution >= 4 is 11.6 Å². The summed E-state index contributed by atoms with van der Waals surface area (Å²) in [6.45, 7) is 3.87. The smallest absolute Gasteiger partial charge is 0.233 e. The zero-order chi connectivity index (χ0) is 13.5. The van der Waals surface area contributed by atoms with E-state index in [9.17, 15) is 4.79 Å². The van der Waals surface area contributed by atoms with E-state index in [2.05, 4.69) is 5.32 Å². The Morgan fingerprint density at radius 3 is 2.72 bits per heavy atom. The Bertz CT molecular complexity index is 407. The molecule has 0 aromatic heterocycles. The van der Waals surface area contributed by atoms with Crippen LogP contribution in [-0.2, 0) is 11.3 Å². The van der Waals surface area contributed by atoms with Crippen LogP contribution >= 0.6 is 0 Å². The van der Waals surface area contributed by atoms with Gasteiger partial charge in [0.1, 0.15) is 5.75 Å². The number of anilines is 1. The largest absolute Gasteiger partial charge is 0.497 e. The fourth-order valence-corrected chi connectivity index (χ4v) is 1.72. The lowest BCUT2D eigenvalue weighted by molar-refractivity contribution is -0.121. The van der Waals surface area contributed by atoms with Crippen molar-refractivity contribution in [3.63, 3.8) is 0 Å². The SMILES string of the molecule is CCN(CC(=O)NC)Cc1cc(N)cc(OC)c1. The number of rotatable bonds is 6. The molecule has 0 spiro atoms. The number of nitrogen functional groups attached to an aromatic ring is 1. The van der Waals surface area contributed by atoms with Gasteiger partial charge in [-0.25, -0.2) is 0 Å². The van der Waals surface area contributed by atoms with Crippen LogP contribution in [0.4, 0.5) is 5.69 Å². The van der Waals surface area contributed by atoms with Gasteiger partial charge in [-0.05, 0) is 24.2 Å². The van der Waals surface area contributed by atoms with Crippen LogP contribution in [0.3, 0.4) is 0 Å². The van der Waals surface area contributed by atoms with Gasteiger partial charge in [0.15, 0.2) is 0 Å². The van der Waals surface area contributed by atoms with Crippen molar-refractivity contribution in [3.8, 4) is 5.75 Å². The highest BCUT2D eigenvalue weighted by atomic mass is 16.5. The van der Waals surface area contributed by atoms with Crippen LogP contribution in [0.5, 0.6) is 5.75 Å². The number of carbonyl (C=O) groups is 1. The number of ether oxygens (including phenoxy) is 1. The lowest BCUT2D eigenvalue weighted by Gasteiger charge is -2.20. The molecule has 1 aromatic rings. The first-order valence-corrected chi connectivity index (χ1v) is 5.95. The summed E-state index contributed by atoms with van der Waals surface area (Å²) in [5.41, 5.74) is 7.51. The number of nitrogens with one attached hydrogen (secondary N) is 1. The molecule has 3 N–H and O–H groups in total. The number of hydrogen-bond donors (Lipinski definition) is 2. The van der Waals surface area contributed by atoms with Crippen LogP contribution < -0.4 is 15.8 Å². The molecule has 0 fully saturated rings. The van der Waals surface area contributed by atoms with Crippen LogP contribution in [0.1, 0.15) is 12.5 Å². The van der Waals surface area contributed by atoms with E-state index in [0.717, 1.165) is 17.9 Å². The average molecular weight is 251 g/mol. The summed E-state index contributed by atoms with van der Waals surface area (Å²) in [7, 11) is 3.25. The van der Waals surface area contributed by atoms with E-state index in [1.165, 1.54) is 0 Å². The van der Waals surface area contributed by atoms with Crippen molar-refractivity contribution in [2.45, 2.75) is 13.5 Å². The molecule has 0 aliphatic carbocycles. The molecular weight excluding hydrogens is 230 g/mol. The number of nitrogens with two attached hydrogens (primary N) is 1. The highest BCUT2D eigenvalue weighted by Gasteiger charge is 2.09. The van der Waals surface area contributed by atoms with Crippen molar-refractivity contribution in [1.29, 1.82) is 0 Å². The van der Waals surface area contributed by atoms with Crippen LogP contribution in [0.15, 0.2) is 18.2 Å². The Morgan fingerprint density at radius 2 is 2.17 bits per heavy atom. The van der Waals surface area contributed by atoms with E-state index in [1.54, 1.807) is 20.2 Å². The first-order chi connectivity index (χ1) is 8.58. The first kappa shape index (κ1) is 14.3. The van der Waals surface area contributed by atoms with Gasteiger partial charge in [0, 0.05) is 25.3 Å². The third kappa shape index (κ3) is 4.25. The number of likely N-dealkylation sites (N-methyl/N-ethyl adjacent to an activating group) is 2. The molecule has 100 valence electrons. The van der Waals surface area contributed by atoms with Crippen LogP contribution in [0, 0.1) is 0 Å². The van der Waals surface area contributed by atoms with E-state index in [0.29, 0.717) is 18.8 Å². The van der Waals surface area contributed by atoms with Gasteiger partial charge >= 0.3 is 0 Å². The molecule has 0 heterocycles. The quantitative estimate of drug-likeness (QED) is 0.735. The highest BCUT2D eigenvalue weighted by molar-refractivity contribution is 5.77. The summed E-state index contributed by atoms with van der Waals surface area (Å²) >= 11 is 0. The summed E-state index contributed by atoms with van der Waals surface area (Å²) < 4.78 is 5.18. The van der Waals surface area contributed by atoms with Crippen molar-refractivity contribution in [2.75, 3.05) is 33.0 Å². The Balaban J connectivity index is 2.74. The summed E-state index contributed by atoms with van der Waals surface area (Å²) in [5, 5.41) is 2.62. The molecular formula is C13H21N3O2. The molecule has 1 aromatic carbocycles. The number of hydrogen-bond acceptors (Lipinski definition) is 4. The number of methoxy groups -OCH3 is 1. The predicted octanol–water partition coefficient (Wildman–Crippen LogP) is 0.845. The molecule has 18 heavy (non-hydrogen) atoms. The van der Waals surface area contributed by atoms with Gasteiger partial charge in [-0.15, -0.1) is 0 Å². The zero-order valence-electron chi connectivity index (χ0n) is 11.2. The van der Waals surface area contributed by atoms with E-state index in [-0.39, 0.29) is 5.91 Å². The molecule has 5 heteroatoms. The molecule has 0 saturated carbocycles. The minimum Gasteiger partial charge on any atom is -0.497 e. The molecule has 0 aliphatic heterocycles. The maximum atomic E-state index is 11.4. The van der Waals surface area contributed by atoms with Crippen LogP contribution in [-0.4, -0.2) is 38.1 Å². The summed E-state index contributed by atoms with van der Waals surface area (Å²) in [5.74, 6) is 0.744. The van der Waals surface area contributed by atoms with Crippen LogP contribution in [0.2, 0.25) is 0 Å². The lowest BCUT2D eigenvalue weighted by Crippen LogP contribution is -2.35. The maximum absolute atomic E-state index is 11.4. The molecule has 0 saturated heterocycles. The van der Waals surface area contributed by atoms with E-state index in [1.807, 2.05) is 24.0 Å². The van der Waals surface area contributed by atoms with E-state index < -0.39 is 0 Å². The van der Waals surface area contributed by atoms with Gasteiger partial charge in [-0.1, -0.05) is 6.92 Å². The number of amides is 1. The normalized spacial score (nSPS) is 10.4. The average Bonchev–Trinajstić information content (AvgIpc) is 2.36. The Morgan fingerprint density at radius 1 is 1.44 bits per heavy atom. The van der Waals surface area contributed by atoms with Gasteiger partial charge < -0.3 is 15.8 Å². The lowest BCUT2D eigenvalue weighted by atomic mass is 10.1. The minimum atomic E-state index is 0.00715. The molecule has 0 radical (unpaired) electrons. The molecule has 5 nitrogen and oxygen atoms in total. The third-order valence-electron chi connectivity index (χ3n) is 2.72. The topological polar surface area (TPSA) is 67.6 Å². The highest BCUT2D eigenvalue weighted by Crippen LogP contribution is 2.19. The Kier molecular flexibility index (Phi) is 5.45. The van der Waals surface area contributed by atoms with Gasteiger partial charge in [-0.2, -0.15) is 0 Å². The van der Waals surface area contributed by atoms with Crippen molar-refractivity contribution in [2.24, 2.45) is 0 Å². The van der Waals surface area contributed by atoms with E-state index >= 15 is 0 Å². The second kappa shape index (κ2) is 6.86. The van der Waals surface area contributed by atoms with E-state index in [4.69, 9.17) is 10.5 Å². The molecule has 1 amide bonds. The molecule has 0 unspecified atom stereocenters.